The van der Waals surface area contributed by atoms with E-state index in [1.54, 1.807) is 0 Å². The highest BCUT2D eigenvalue weighted by Gasteiger charge is 2.28. The van der Waals surface area contributed by atoms with Gasteiger partial charge in [-0.2, -0.15) is 0 Å². The van der Waals surface area contributed by atoms with E-state index in [9.17, 15) is 4.79 Å². The van der Waals surface area contributed by atoms with E-state index in [4.69, 9.17) is 5.11 Å². The predicted octanol–water partition coefficient (Wildman–Crippen LogP) is -0.147. The Kier molecular flexibility index (Phi) is 6.60. The van der Waals surface area contributed by atoms with Crippen LogP contribution in [-0.2, 0) is 4.79 Å². The molecule has 0 saturated carbocycles. The first-order valence-corrected chi connectivity index (χ1v) is 6.96. The van der Waals surface area contributed by atoms with Crippen LogP contribution in [0, 0.1) is 0 Å². The largest absolute Gasteiger partial charge is 0.395 e. The molecule has 1 atom stereocenters. The van der Waals surface area contributed by atoms with E-state index in [0.29, 0.717) is 6.54 Å². The van der Waals surface area contributed by atoms with Gasteiger partial charge in [-0.05, 0) is 20.0 Å². The highest BCUT2D eigenvalue weighted by atomic mass is 16.3. The molecule has 1 N–H and O–H groups in total. The number of likely N-dealkylation sites (N-methyl/N-ethyl adjacent to an activating group) is 1. The van der Waals surface area contributed by atoms with Crippen molar-refractivity contribution in [2.75, 3.05) is 52.9 Å². The van der Waals surface area contributed by atoms with Gasteiger partial charge in [0.15, 0.2) is 0 Å². The van der Waals surface area contributed by atoms with Gasteiger partial charge in [0.2, 0.25) is 5.91 Å². The summed E-state index contributed by atoms with van der Waals surface area (Å²) in [5.41, 5.74) is 0. The van der Waals surface area contributed by atoms with Crippen LogP contribution in [0.2, 0.25) is 0 Å². The molecule has 1 unspecified atom stereocenters. The number of carbonyl (C=O) groups excluding carboxylic acids is 1. The summed E-state index contributed by atoms with van der Waals surface area (Å²) in [6, 6.07) is 0.0133. The fourth-order valence-electron chi connectivity index (χ4n) is 2.44. The highest BCUT2D eigenvalue weighted by molar-refractivity contribution is 5.82. The van der Waals surface area contributed by atoms with Gasteiger partial charge in [0, 0.05) is 32.7 Å². The van der Waals surface area contributed by atoms with Gasteiger partial charge in [-0.1, -0.05) is 13.8 Å². The predicted molar refractivity (Wildman–Crippen MR) is 72.5 cm³/mol. The van der Waals surface area contributed by atoms with Crippen LogP contribution in [0.25, 0.3) is 0 Å². The number of aliphatic hydroxyl groups excluding tert-OH is 1. The van der Waals surface area contributed by atoms with Gasteiger partial charge in [-0.25, -0.2) is 0 Å². The van der Waals surface area contributed by atoms with Crippen molar-refractivity contribution < 1.29 is 9.90 Å². The highest BCUT2D eigenvalue weighted by Crippen LogP contribution is 2.09. The Morgan fingerprint density at radius 2 is 1.89 bits per heavy atom. The first kappa shape index (κ1) is 15.4. The van der Waals surface area contributed by atoms with Crippen molar-refractivity contribution in [3.63, 3.8) is 0 Å². The Morgan fingerprint density at radius 1 is 1.28 bits per heavy atom. The number of β-amino-alcohol motifs (C(OH)–C–C–N with tert-alkyl or cyclic N) is 1. The molecule has 5 heteroatoms. The number of amides is 1. The van der Waals surface area contributed by atoms with Gasteiger partial charge in [0.05, 0.1) is 12.6 Å². The molecule has 18 heavy (non-hydrogen) atoms. The maximum atomic E-state index is 12.4. The van der Waals surface area contributed by atoms with Crippen molar-refractivity contribution in [3.8, 4) is 0 Å². The van der Waals surface area contributed by atoms with Crippen LogP contribution in [0.5, 0.6) is 0 Å². The van der Waals surface area contributed by atoms with Gasteiger partial charge >= 0.3 is 0 Å². The molecule has 1 rings (SSSR count). The average Bonchev–Trinajstić information content (AvgIpc) is 2.40. The number of nitrogens with zero attached hydrogens (tertiary/aromatic N) is 3. The Bertz CT molecular complexity index is 253. The molecule has 1 saturated heterocycles. The Hall–Kier alpha value is -0.650. The van der Waals surface area contributed by atoms with E-state index in [0.717, 1.165) is 39.1 Å². The van der Waals surface area contributed by atoms with Crippen LogP contribution < -0.4 is 0 Å². The smallest absolute Gasteiger partial charge is 0.239 e. The molecule has 1 aliphatic heterocycles. The topological polar surface area (TPSA) is 47.0 Å². The first-order valence-electron chi connectivity index (χ1n) is 6.96. The van der Waals surface area contributed by atoms with Gasteiger partial charge < -0.3 is 10.0 Å². The zero-order valence-electron chi connectivity index (χ0n) is 11.9. The van der Waals surface area contributed by atoms with E-state index in [2.05, 4.69) is 23.6 Å². The normalized spacial score (nSPS) is 19.3. The summed E-state index contributed by atoms with van der Waals surface area (Å²) in [5.74, 6) is 0.255. The van der Waals surface area contributed by atoms with E-state index in [1.807, 2.05) is 11.9 Å². The van der Waals surface area contributed by atoms with Crippen LogP contribution in [0.4, 0.5) is 0 Å². The lowest BCUT2D eigenvalue weighted by atomic mass is 10.1. The lowest BCUT2D eigenvalue weighted by molar-refractivity contribution is -0.138. The van der Waals surface area contributed by atoms with E-state index in [1.165, 1.54) is 0 Å². The average molecular weight is 257 g/mol. The molecular weight excluding hydrogens is 230 g/mol. The summed E-state index contributed by atoms with van der Waals surface area (Å²) in [7, 11) is 2.01. The van der Waals surface area contributed by atoms with Gasteiger partial charge in [0.1, 0.15) is 0 Å². The molecule has 0 aromatic rings. The Balaban J connectivity index is 2.48. The summed E-state index contributed by atoms with van der Waals surface area (Å²) in [4.78, 5) is 18.7. The summed E-state index contributed by atoms with van der Waals surface area (Å²) >= 11 is 0. The molecule has 0 aliphatic carbocycles. The quantitative estimate of drug-likeness (QED) is 0.719. The number of hydrogen-bond donors (Lipinski definition) is 1. The summed E-state index contributed by atoms with van der Waals surface area (Å²) in [6.07, 6.45) is 0.861. The van der Waals surface area contributed by atoms with Crippen molar-refractivity contribution in [2.45, 2.75) is 26.3 Å². The Morgan fingerprint density at radius 3 is 2.33 bits per heavy atom. The third-order valence-corrected chi connectivity index (χ3v) is 3.80. The molecule has 0 aromatic heterocycles. The van der Waals surface area contributed by atoms with Crippen LogP contribution in [-0.4, -0.2) is 84.7 Å². The van der Waals surface area contributed by atoms with Crippen molar-refractivity contribution in [3.05, 3.63) is 0 Å². The van der Waals surface area contributed by atoms with Crippen LogP contribution in [0.1, 0.15) is 20.3 Å². The van der Waals surface area contributed by atoms with Crippen LogP contribution in [0.3, 0.4) is 0 Å². The summed E-state index contributed by atoms with van der Waals surface area (Å²) in [5, 5.41) is 8.90. The number of carbonyl (C=O) groups is 1. The third-order valence-electron chi connectivity index (χ3n) is 3.80. The second-order valence-electron chi connectivity index (χ2n) is 4.89. The molecular formula is C13H27N3O2. The lowest BCUT2D eigenvalue weighted by Crippen LogP contribution is -2.54. The zero-order chi connectivity index (χ0) is 13.5. The van der Waals surface area contributed by atoms with Crippen molar-refractivity contribution in [1.82, 2.24) is 14.7 Å². The Labute approximate surface area is 110 Å². The molecule has 1 amide bonds. The number of rotatable bonds is 6. The van der Waals surface area contributed by atoms with E-state index in [-0.39, 0.29) is 18.6 Å². The molecule has 0 radical (unpaired) electrons. The lowest BCUT2D eigenvalue weighted by Gasteiger charge is -2.37. The monoisotopic (exact) mass is 257 g/mol. The molecule has 0 bridgehead atoms. The molecule has 1 aliphatic rings. The molecule has 5 nitrogen and oxygen atoms in total. The fourth-order valence-corrected chi connectivity index (χ4v) is 2.44. The van der Waals surface area contributed by atoms with E-state index >= 15 is 0 Å². The van der Waals surface area contributed by atoms with Crippen LogP contribution in [0.15, 0.2) is 0 Å². The van der Waals surface area contributed by atoms with Gasteiger partial charge in [-0.15, -0.1) is 0 Å². The van der Waals surface area contributed by atoms with Crippen molar-refractivity contribution in [1.29, 1.82) is 0 Å². The molecule has 106 valence electrons. The standard InChI is InChI=1S/C13H27N3O2/c1-4-12(14(3)5-2)13(18)16-8-6-15(7-9-16)10-11-17/h12,17H,4-11H2,1-3H3. The molecule has 0 aromatic carbocycles. The maximum Gasteiger partial charge on any atom is 0.239 e. The van der Waals surface area contributed by atoms with E-state index < -0.39 is 0 Å². The second-order valence-corrected chi connectivity index (χ2v) is 4.89. The fraction of sp³-hybridized carbons (Fsp3) is 0.923. The number of aliphatic hydroxyl groups is 1. The van der Waals surface area contributed by atoms with Crippen molar-refractivity contribution >= 4 is 5.91 Å². The second kappa shape index (κ2) is 7.71. The third kappa shape index (κ3) is 3.93. The minimum absolute atomic E-state index is 0.0133. The van der Waals surface area contributed by atoms with Crippen LogP contribution >= 0.6 is 0 Å². The molecule has 0 spiro atoms. The zero-order valence-corrected chi connectivity index (χ0v) is 11.9. The number of piperazine rings is 1. The number of hydrogen-bond acceptors (Lipinski definition) is 4. The maximum absolute atomic E-state index is 12.4. The SMILES string of the molecule is CCC(C(=O)N1CCN(CCO)CC1)N(C)CC. The minimum Gasteiger partial charge on any atom is -0.395 e. The summed E-state index contributed by atoms with van der Waals surface area (Å²) in [6.45, 7) is 9.27. The van der Waals surface area contributed by atoms with Gasteiger partial charge in [0.25, 0.3) is 0 Å². The first-order chi connectivity index (χ1) is 8.63. The minimum atomic E-state index is 0.0133. The molecule has 1 fully saturated rings. The molecule has 1 heterocycles. The van der Waals surface area contributed by atoms with Crippen molar-refractivity contribution in [2.24, 2.45) is 0 Å². The van der Waals surface area contributed by atoms with Gasteiger partial charge in [-0.3, -0.25) is 14.6 Å². The summed E-state index contributed by atoms with van der Waals surface area (Å²) < 4.78 is 0.